The fourth-order valence-corrected chi connectivity index (χ4v) is 6.79. The summed E-state index contributed by atoms with van der Waals surface area (Å²) in [6.45, 7) is 16.7. The molecule has 11 heteroatoms. The van der Waals surface area contributed by atoms with Crippen LogP contribution in [0.4, 0.5) is 0 Å². The monoisotopic (exact) mass is 713 g/mol. The standard InChI is InChI=1S/C41H51N3O8/c1-10-26-23-41(26,38(48)50-11-2)43-36(46)33-20-28(24-44(33)37(47)30(39(3,4)5)21-35(45)52-40(6,7)8)51-34-22-31(25-15-13-12-14-16-25)42-32-19-27(49-9)17-18-29(32)34/h10,12-19,22,26,28,30,33H,1,11,20-21,23-24H2,2-9H3,(H,43,46)/t26?,28-,30-,33+,41?/m1/s1. The van der Waals surface area contributed by atoms with E-state index >= 15 is 0 Å². The number of likely N-dealkylation sites (tertiary alicyclic amines) is 1. The Morgan fingerprint density at radius 2 is 1.77 bits per heavy atom. The molecular weight excluding hydrogens is 662 g/mol. The summed E-state index contributed by atoms with van der Waals surface area (Å²) >= 11 is 0. The number of ether oxygens (including phenoxy) is 4. The number of pyridine rings is 1. The first-order valence-corrected chi connectivity index (χ1v) is 17.8. The summed E-state index contributed by atoms with van der Waals surface area (Å²) in [6, 6.07) is 16.1. The number of aromatic nitrogens is 1. The minimum Gasteiger partial charge on any atom is -0.497 e. The second-order valence-electron chi connectivity index (χ2n) is 15.7. The van der Waals surface area contributed by atoms with Gasteiger partial charge < -0.3 is 29.2 Å². The lowest BCUT2D eigenvalue weighted by Gasteiger charge is -2.35. The zero-order chi connectivity index (χ0) is 38.0. The van der Waals surface area contributed by atoms with Crippen LogP contribution in [-0.2, 0) is 28.7 Å². The number of hydrogen-bond acceptors (Lipinski definition) is 9. The van der Waals surface area contributed by atoms with Crippen LogP contribution in [0.3, 0.4) is 0 Å². The summed E-state index contributed by atoms with van der Waals surface area (Å²) < 4.78 is 23.1. The normalized spacial score (nSPS) is 21.9. The van der Waals surface area contributed by atoms with Crippen LogP contribution < -0.4 is 14.8 Å². The van der Waals surface area contributed by atoms with Gasteiger partial charge in [0.1, 0.15) is 34.8 Å². The number of carbonyl (C=O) groups is 4. The van der Waals surface area contributed by atoms with Crippen molar-refractivity contribution in [1.82, 2.24) is 15.2 Å². The molecule has 1 saturated heterocycles. The maximum absolute atomic E-state index is 14.6. The summed E-state index contributed by atoms with van der Waals surface area (Å²) in [5, 5.41) is 3.67. The number of amides is 2. The Balaban J connectivity index is 1.51. The number of rotatable bonds is 12. The Hall–Kier alpha value is -4.93. The van der Waals surface area contributed by atoms with Crippen molar-refractivity contribution < 1.29 is 38.1 Å². The molecule has 0 spiro atoms. The fourth-order valence-electron chi connectivity index (χ4n) is 6.79. The zero-order valence-electron chi connectivity index (χ0n) is 31.5. The lowest BCUT2D eigenvalue weighted by atomic mass is 9.77. The topological polar surface area (TPSA) is 133 Å². The van der Waals surface area contributed by atoms with Crippen LogP contribution in [-0.4, -0.2) is 77.2 Å². The first kappa shape index (κ1) is 38.3. The molecule has 278 valence electrons. The van der Waals surface area contributed by atoms with E-state index in [9.17, 15) is 19.2 Å². The summed E-state index contributed by atoms with van der Waals surface area (Å²) in [6.07, 6.45) is 1.33. The molecular formula is C41H51N3O8. The van der Waals surface area contributed by atoms with E-state index in [2.05, 4.69) is 11.9 Å². The van der Waals surface area contributed by atoms with Crippen LogP contribution in [0.15, 0.2) is 67.3 Å². The lowest BCUT2D eigenvalue weighted by Crippen LogP contribution is -2.55. The highest BCUT2D eigenvalue weighted by Crippen LogP contribution is 2.46. The van der Waals surface area contributed by atoms with Crippen LogP contribution in [0.2, 0.25) is 0 Å². The van der Waals surface area contributed by atoms with Gasteiger partial charge in [-0.1, -0.05) is 57.2 Å². The number of nitrogens with one attached hydrogen (secondary N) is 1. The van der Waals surface area contributed by atoms with E-state index in [1.165, 1.54) is 4.90 Å². The molecule has 11 nitrogen and oxygen atoms in total. The predicted molar refractivity (Wildman–Crippen MR) is 197 cm³/mol. The van der Waals surface area contributed by atoms with Crippen molar-refractivity contribution >= 4 is 34.7 Å². The van der Waals surface area contributed by atoms with Crippen LogP contribution in [0, 0.1) is 17.3 Å². The van der Waals surface area contributed by atoms with Gasteiger partial charge >= 0.3 is 11.9 Å². The first-order chi connectivity index (χ1) is 24.5. The molecule has 52 heavy (non-hydrogen) atoms. The molecule has 1 aliphatic heterocycles. The van der Waals surface area contributed by atoms with Crippen molar-refractivity contribution in [3.8, 4) is 22.8 Å². The summed E-state index contributed by atoms with van der Waals surface area (Å²) in [4.78, 5) is 61.5. The number of nitrogens with zero attached hydrogens (tertiary/aromatic N) is 2. The summed E-state index contributed by atoms with van der Waals surface area (Å²) in [7, 11) is 1.59. The molecule has 1 aromatic heterocycles. The van der Waals surface area contributed by atoms with Crippen molar-refractivity contribution in [3.05, 3.63) is 67.3 Å². The molecule has 2 aromatic carbocycles. The van der Waals surface area contributed by atoms with Crippen molar-refractivity contribution in [2.24, 2.45) is 17.3 Å². The lowest BCUT2D eigenvalue weighted by molar-refractivity contribution is -0.161. The van der Waals surface area contributed by atoms with Gasteiger partial charge in [-0.2, -0.15) is 0 Å². The van der Waals surface area contributed by atoms with Gasteiger partial charge in [-0.15, -0.1) is 6.58 Å². The van der Waals surface area contributed by atoms with Gasteiger partial charge in [0.25, 0.3) is 0 Å². The molecule has 1 saturated carbocycles. The predicted octanol–water partition coefficient (Wildman–Crippen LogP) is 6.28. The second kappa shape index (κ2) is 15.0. The molecule has 2 amide bonds. The smallest absolute Gasteiger partial charge is 0.332 e. The molecule has 2 unspecified atom stereocenters. The maximum Gasteiger partial charge on any atom is 0.332 e. The summed E-state index contributed by atoms with van der Waals surface area (Å²) in [5.74, 6) is -1.87. The Labute approximate surface area is 306 Å². The van der Waals surface area contributed by atoms with Gasteiger partial charge in [0, 0.05) is 35.4 Å². The van der Waals surface area contributed by atoms with E-state index in [1.54, 1.807) is 40.9 Å². The van der Waals surface area contributed by atoms with E-state index in [-0.39, 0.29) is 37.8 Å². The van der Waals surface area contributed by atoms with E-state index < -0.39 is 52.5 Å². The number of benzene rings is 2. The highest BCUT2D eigenvalue weighted by molar-refractivity contribution is 5.96. The van der Waals surface area contributed by atoms with Crippen molar-refractivity contribution in [1.29, 1.82) is 0 Å². The van der Waals surface area contributed by atoms with Crippen LogP contribution in [0.1, 0.15) is 67.7 Å². The third-order valence-corrected chi connectivity index (χ3v) is 9.61. The van der Waals surface area contributed by atoms with Gasteiger partial charge in [-0.05, 0) is 51.7 Å². The van der Waals surface area contributed by atoms with Gasteiger partial charge in [0.15, 0.2) is 0 Å². The Morgan fingerprint density at radius 1 is 1.06 bits per heavy atom. The molecule has 2 heterocycles. The average Bonchev–Trinajstić information content (AvgIpc) is 3.64. The fraction of sp³-hybridized carbons (Fsp3) is 0.488. The largest absolute Gasteiger partial charge is 0.497 e. The van der Waals surface area contributed by atoms with Crippen LogP contribution in [0.25, 0.3) is 22.2 Å². The molecule has 0 radical (unpaired) electrons. The van der Waals surface area contributed by atoms with Gasteiger partial charge in [-0.25, -0.2) is 9.78 Å². The minimum atomic E-state index is -1.26. The van der Waals surface area contributed by atoms with E-state index in [1.807, 2.05) is 75.4 Å². The number of fused-ring (bicyclic) bond motifs is 1. The van der Waals surface area contributed by atoms with E-state index in [0.29, 0.717) is 29.1 Å². The minimum absolute atomic E-state index is 0.0652. The molecule has 1 aliphatic carbocycles. The Morgan fingerprint density at radius 3 is 2.37 bits per heavy atom. The van der Waals surface area contributed by atoms with Gasteiger partial charge in [0.05, 0.1) is 43.8 Å². The second-order valence-corrected chi connectivity index (χ2v) is 15.7. The highest BCUT2D eigenvalue weighted by atomic mass is 16.6. The highest BCUT2D eigenvalue weighted by Gasteiger charge is 2.62. The first-order valence-electron chi connectivity index (χ1n) is 17.8. The maximum atomic E-state index is 14.6. The third-order valence-electron chi connectivity index (χ3n) is 9.61. The molecule has 0 bridgehead atoms. The average molecular weight is 714 g/mol. The molecule has 5 rings (SSSR count). The van der Waals surface area contributed by atoms with Crippen molar-refractivity contribution in [2.45, 2.75) is 91.0 Å². The number of hydrogen-bond donors (Lipinski definition) is 1. The van der Waals surface area contributed by atoms with Crippen LogP contribution in [0.5, 0.6) is 11.5 Å². The SMILES string of the molecule is C=CC1CC1(NC(=O)[C@@H]1C[C@@H](Oc2cc(-c3ccccc3)nc3cc(OC)ccc23)CN1C(=O)[C@@H](CC(=O)OC(C)(C)C)C(C)(C)C)C(=O)OCC. The van der Waals surface area contributed by atoms with Gasteiger partial charge in [-0.3, -0.25) is 14.4 Å². The van der Waals surface area contributed by atoms with Crippen molar-refractivity contribution in [2.75, 3.05) is 20.3 Å². The van der Waals surface area contributed by atoms with Gasteiger partial charge in [0.2, 0.25) is 11.8 Å². The number of esters is 2. The Kier molecular flexibility index (Phi) is 11.0. The van der Waals surface area contributed by atoms with Crippen molar-refractivity contribution in [3.63, 3.8) is 0 Å². The zero-order valence-corrected chi connectivity index (χ0v) is 31.5. The van der Waals surface area contributed by atoms with Crippen LogP contribution >= 0.6 is 0 Å². The molecule has 3 aromatic rings. The number of carbonyl (C=O) groups excluding carboxylic acids is 4. The Bertz CT molecular complexity index is 1830. The molecule has 2 aliphatic rings. The number of methoxy groups -OCH3 is 1. The summed E-state index contributed by atoms with van der Waals surface area (Å²) in [5.41, 5.74) is -0.425. The molecule has 2 fully saturated rings. The molecule has 1 N–H and O–H groups in total. The van der Waals surface area contributed by atoms with E-state index in [0.717, 1.165) is 10.9 Å². The molecule has 5 atom stereocenters. The van der Waals surface area contributed by atoms with E-state index in [4.69, 9.17) is 23.9 Å². The quantitative estimate of drug-likeness (QED) is 0.170. The third kappa shape index (κ3) is 8.40.